The summed E-state index contributed by atoms with van der Waals surface area (Å²) in [5.74, 6) is -0.649. The van der Waals surface area contributed by atoms with Crippen LogP contribution in [0.2, 0.25) is 0 Å². The number of hydrogen-bond donors (Lipinski definition) is 1. The standard InChI is InChI=1S/C23H27FN2O3/c1-3-4-11-25-22(27)21-15-26(14-20(21)16-7-5-9-18(24)12-16)23(28)17-8-6-10-19(13-17)29-2/h5-10,12-13,20-21H,3-4,11,14-15H2,1-2H3,(H,25,27). The van der Waals surface area contributed by atoms with Crippen molar-refractivity contribution in [3.63, 3.8) is 0 Å². The number of rotatable bonds is 7. The van der Waals surface area contributed by atoms with E-state index in [1.165, 1.54) is 12.1 Å². The van der Waals surface area contributed by atoms with Crippen LogP contribution >= 0.6 is 0 Å². The SMILES string of the molecule is CCCCNC(=O)C1CN(C(=O)c2cccc(OC)c2)CC1c1cccc(F)c1. The number of likely N-dealkylation sites (tertiary alicyclic amines) is 1. The number of methoxy groups -OCH3 is 1. The number of benzene rings is 2. The van der Waals surface area contributed by atoms with Crippen LogP contribution in [0.5, 0.6) is 5.75 Å². The van der Waals surface area contributed by atoms with Crippen molar-refractivity contribution in [1.82, 2.24) is 10.2 Å². The van der Waals surface area contributed by atoms with E-state index in [0.29, 0.717) is 30.9 Å². The van der Waals surface area contributed by atoms with Crippen molar-refractivity contribution in [2.45, 2.75) is 25.7 Å². The van der Waals surface area contributed by atoms with Gasteiger partial charge in [-0.3, -0.25) is 9.59 Å². The maximum absolute atomic E-state index is 13.8. The summed E-state index contributed by atoms with van der Waals surface area (Å²) in [5, 5.41) is 2.97. The van der Waals surface area contributed by atoms with Gasteiger partial charge in [-0.05, 0) is 42.3 Å². The van der Waals surface area contributed by atoms with Gasteiger partial charge in [-0.25, -0.2) is 4.39 Å². The molecule has 0 aliphatic carbocycles. The van der Waals surface area contributed by atoms with E-state index in [2.05, 4.69) is 12.2 Å². The Kier molecular flexibility index (Phi) is 6.86. The fourth-order valence-electron chi connectivity index (χ4n) is 3.77. The topological polar surface area (TPSA) is 58.6 Å². The number of ether oxygens (including phenoxy) is 1. The quantitative estimate of drug-likeness (QED) is 0.725. The van der Waals surface area contributed by atoms with Crippen molar-refractivity contribution in [3.8, 4) is 5.75 Å². The van der Waals surface area contributed by atoms with Crippen LogP contribution in [0.3, 0.4) is 0 Å². The number of hydrogen-bond acceptors (Lipinski definition) is 3. The Hall–Kier alpha value is -2.89. The largest absolute Gasteiger partial charge is 0.497 e. The number of nitrogens with one attached hydrogen (secondary N) is 1. The van der Waals surface area contributed by atoms with Crippen molar-refractivity contribution < 1.29 is 18.7 Å². The van der Waals surface area contributed by atoms with Crippen molar-refractivity contribution >= 4 is 11.8 Å². The lowest BCUT2D eigenvalue weighted by molar-refractivity contribution is -0.124. The summed E-state index contributed by atoms with van der Waals surface area (Å²) >= 11 is 0. The van der Waals surface area contributed by atoms with Crippen LogP contribution in [-0.4, -0.2) is 43.5 Å². The Labute approximate surface area is 170 Å². The van der Waals surface area contributed by atoms with Crippen LogP contribution in [-0.2, 0) is 4.79 Å². The first-order valence-electron chi connectivity index (χ1n) is 10.00. The van der Waals surface area contributed by atoms with Crippen molar-refractivity contribution in [1.29, 1.82) is 0 Å². The van der Waals surface area contributed by atoms with Gasteiger partial charge in [0, 0.05) is 31.1 Å². The molecule has 0 radical (unpaired) electrons. The van der Waals surface area contributed by atoms with Gasteiger partial charge in [0.1, 0.15) is 11.6 Å². The molecule has 2 atom stereocenters. The van der Waals surface area contributed by atoms with E-state index >= 15 is 0 Å². The van der Waals surface area contributed by atoms with Gasteiger partial charge in [0.05, 0.1) is 13.0 Å². The van der Waals surface area contributed by atoms with Crippen LogP contribution in [0, 0.1) is 11.7 Å². The molecule has 0 aromatic heterocycles. The zero-order valence-electron chi connectivity index (χ0n) is 16.9. The predicted molar refractivity (Wildman–Crippen MR) is 109 cm³/mol. The van der Waals surface area contributed by atoms with E-state index in [9.17, 15) is 14.0 Å². The van der Waals surface area contributed by atoms with Gasteiger partial charge in [0.2, 0.25) is 5.91 Å². The van der Waals surface area contributed by atoms with Crippen molar-refractivity contribution in [2.24, 2.45) is 5.92 Å². The summed E-state index contributed by atoms with van der Waals surface area (Å²) < 4.78 is 19.0. The molecular formula is C23H27FN2O3. The molecule has 1 N–H and O–H groups in total. The Balaban J connectivity index is 1.83. The van der Waals surface area contributed by atoms with Crippen molar-refractivity contribution in [2.75, 3.05) is 26.7 Å². The molecule has 6 heteroatoms. The number of halogens is 1. The summed E-state index contributed by atoms with van der Waals surface area (Å²) in [4.78, 5) is 27.6. The number of amides is 2. The lowest BCUT2D eigenvalue weighted by Crippen LogP contribution is -2.36. The van der Waals surface area contributed by atoms with E-state index in [1.807, 2.05) is 6.07 Å². The second-order valence-electron chi connectivity index (χ2n) is 7.35. The Morgan fingerprint density at radius 1 is 1.17 bits per heavy atom. The van der Waals surface area contributed by atoms with Gasteiger partial charge in [-0.2, -0.15) is 0 Å². The third-order valence-corrected chi connectivity index (χ3v) is 5.37. The van der Waals surface area contributed by atoms with Crippen LogP contribution in [0.1, 0.15) is 41.6 Å². The van der Waals surface area contributed by atoms with Crippen LogP contribution in [0.15, 0.2) is 48.5 Å². The molecule has 5 nitrogen and oxygen atoms in total. The van der Waals surface area contributed by atoms with E-state index < -0.39 is 5.92 Å². The average molecular weight is 398 g/mol. The maximum atomic E-state index is 13.8. The van der Waals surface area contributed by atoms with Gasteiger partial charge in [-0.15, -0.1) is 0 Å². The third-order valence-electron chi connectivity index (χ3n) is 5.37. The molecule has 1 heterocycles. The molecule has 154 valence electrons. The fourth-order valence-corrected chi connectivity index (χ4v) is 3.77. The summed E-state index contributed by atoms with van der Waals surface area (Å²) in [6.45, 7) is 3.33. The van der Waals surface area contributed by atoms with Gasteiger partial charge in [0.25, 0.3) is 5.91 Å². The smallest absolute Gasteiger partial charge is 0.254 e. The first kappa shape index (κ1) is 20.8. The zero-order valence-corrected chi connectivity index (χ0v) is 16.9. The van der Waals surface area contributed by atoms with E-state index in [-0.39, 0.29) is 23.5 Å². The Morgan fingerprint density at radius 3 is 2.69 bits per heavy atom. The molecular weight excluding hydrogens is 371 g/mol. The highest BCUT2D eigenvalue weighted by Gasteiger charge is 2.40. The molecule has 1 saturated heterocycles. The van der Waals surface area contributed by atoms with E-state index in [4.69, 9.17) is 4.74 Å². The molecule has 0 spiro atoms. The highest BCUT2D eigenvalue weighted by molar-refractivity contribution is 5.95. The summed E-state index contributed by atoms with van der Waals surface area (Å²) in [5.41, 5.74) is 1.25. The molecule has 1 aliphatic rings. The lowest BCUT2D eigenvalue weighted by Gasteiger charge is -2.18. The molecule has 2 aromatic rings. The molecule has 1 fully saturated rings. The van der Waals surface area contributed by atoms with Crippen molar-refractivity contribution in [3.05, 3.63) is 65.5 Å². The Morgan fingerprint density at radius 2 is 1.97 bits per heavy atom. The first-order chi connectivity index (χ1) is 14.0. The molecule has 0 saturated carbocycles. The highest BCUT2D eigenvalue weighted by atomic mass is 19.1. The second-order valence-corrected chi connectivity index (χ2v) is 7.35. The average Bonchev–Trinajstić information content (AvgIpc) is 3.19. The van der Waals surface area contributed by atoms with E-state index in [0.717, 1.165) is 18.4 Å². The summed E-state index contributed by atoms with van der Waals surface area (Å²) in [6.07, 6.45) is 1.88. The number of carbonyl (C=O) groups excluding carboxylic acids is 2. The molecule has 29 heavy (non-hydrogen) atoms. The van der Waals surface area contributed by atoms with Gasteiger partial charge in [0.15, 0.2) is 0 Å². The molecule has 2 amide bonds. The maximum Gasteiger partial charge on any atom is 0.254 e. The lowest BCUT2D eigenvalue weighted by atomic mass is 9.88. The number of carbonyl (C=O) groups is 2. The normalized spacial score (nSPS) is 18.5. The monoisotopic (exact) mass is 398 g/mol. The minimum Gasteiger partial charge on any atom is -0.497 e. The fraction of sp³-hybridized carbons (Fsp3) is 0.391. The first-order valence-corrected chi connectivity index (χ1v) is 10.00. The van der Waals surface area contributed by atoms with Crippen LogP contribution in [0.25, 0.3) is 0 Å². The van der Waals surface area contributed by atoms with Gasteiger partial charge in [-0.1, -0.05) is 31.5 Å². The van der Waals surface area contributed by atoms with Gasteiger partial charge >= 0.3 is 0 Å². The zero-order chi connectivity index (χ0) is 20.8. The van der Waals surface area contributed by atoms with E-state index in [1.54, 1.807) is 42.3 Å². The van der Waals surface area contributed by atoms with Crippen LogP contribution < -0.4 is 10.1 Å². The second kappa shape index (κ2) is 9.54. The molecule has 2 aromatic carbocycles. The molecule has 1 aliphatic heterocycles. The predicted octanol–water partition coefficient (Wildman–Crippen LogP) is 3.61. The molecule has 0 bridgehead atoms. The number of nitrogens with zero attached hydrogens (tertiary/aromatic N) is 1. The highest BCUT2D eigenvalue weighted by Crippen LogP contribution is 2.34. The number of unbranched alkanes of at least 4 members (excludes halogenated alkanes) is 1. The van der Waals surface area contributed by atoms with Crippen LogP contribution in [0.4, 0.5) is 4.39 Å². The van der Waals surface area contributed by atoms with Gasteiger partial charge < -0.3 is 15.0 Å². The summed E-state index contributed by atoms with van der Waals surface area (Å²) in [7, 11) is 1.55. The Bertz CT molecular complexity index is 871. The minimum atomic E-state index is -0.414. The summed E-state index contributed by atoms with van der Waals surface area (Å²) in [6, 6.07) is 13.3. The molecule has 2 unspecified atom stereocenters. The third kappa shape index (κ3) is 4.94. The molecule has 3 rings (SSSR count). The minimum absolute atomic E-state index is 0.0892.